The van der Waals surface area contributed by atoms with Crippen LogP contribution in [0.25, 0.3) is 0 Å². The molecule has 0 spiro atoms. The molecule has 2 aromatic rings. The first-order valence-corrected chi connectivity index (χ1v) is 11.3. The highest BCUT2D eigenvalue weighted by atomic mass is 32.2. The molecule has 9 nitrogen and oxygen atoms in total. The van der Waals surface area contributed by atoms with Gasteiger partial charge in [-0.25, -0.2) is 13.2 Å². The fraction of sp³-hybridized carbons (Fsp3) is 0.333. The van der Waals surface area contributed by atoms with Crippen molar-refractivity contribution >= 4 is 27.6 Å². The van der Waals surface area contributed by atoms with Gasteiger partial charge < -0.3 is 19.5 Å². The van der Waals surface area contributed by atoms with Crippen LogP contribution in [0.15, 0.2) is 47.4 Å². The molecule has 2 aromatic carbocycles. The number of benzene rings is 2. The Kier molecular flexibility index (Phi) is 5.73. The molecule has 1 atom stereocenters. The summed E-state index contributed by atoms with van der Waals surface area (Å²) in [5.41, 5.74) is 0.0341. The molecule has 0 unspecified atom stereocenters. The van der Waals surface area contributed by atoms with Crippen LogP contribution in [0.3, 0.4) is 0 Å². The van der Waals surface area contributed by atoms with E-state index in [9.17, 15) is 18.0 Å². The number of sulfonamides is 1. The molecular formula is C21H22N2O7S. The second kappa shape index (κ2) is 8.46. The molecule has 1 aliphatic heterocycles. The number of rotatable bonds is 7. The highest BCUT2D eigenvalue weighted by Gasteiger charge is 2.28. The van der Waals surface area contributed by atoms with Crippen molar-refractivity contribution in [3.8, 4) is 11.5 Å². The minimum atomic E-state index is -4.03. The lowest BCUT2D eigenvalue weighted by molar-refractivity contribution is -0.129. The van der Waals surface area contributed by atoms with Crippen molar-refractivity contribution in [3.05, 3.63) is 48.0 Å². The minimum Gasteiger partial charge on any atom is -0.486 e. The first-order valence-electron chi connectivity index (χ1n) is 9.86. The van der Waals surface area contributed by atoms with Gasteiger partial charge in [-0.3, -0.25) is 9.52 Å². The summed E-state index contributed by atoms with van der Waals surface area (Å²) in [5, 5.41) is 2.76. The number of carbonyl (C=O) groups is 2. The molecule has 0 radical (unpaired) electrons. The standard InChI is InChI=1S/C21H22N2O7S/c1-13(20(24)22-14-6-7-14)30-21(25)16-4-2-3-5-17(16)23-31(26,27)15-8-9-18-19(12-15)29-11-10-28-18/h2-5,8-9,12-14,23H,6-7,10-11H2,1H3,(H,22,24)/t13-/m1/s1. The highest BCUT2D eigenvalue weighted by Crippen LogP contribution is 2.33. The van der Waals surface area contributed by atoms with Crippen molar-refractivity contribution < 1.29 is 32.2 Å². The summed E-state index contributed by atoms with van der Waals surface area (Å²) in [6.07, 6.45) is 0.823. The average molecular weight is 446 g/mol. The van der Waals surface area contributed by atoms with Crippen LogP contribution in [0.5, 0.6) is 11.5 Å². The van der Waals surface area contributed by atoms with E-state index in [2.05, 4.69) is 10.0 Å². The molecule has 0 saturated heterocycles. The predicted molar refractivity (Wildman–Crippen MR) is 111 cm³/mol. The van der Waals surface area contributed by atoms with Gasteiger partial charge in [0.1, 0.15) is 13.2 Å². The molecule has 1 aliphatic carbocycles. The maximum atomic E-state index is 12.9. The number of nitrogens with one attached hydrogen (secondary N) is 2. The lowest BCUT2D eigenvalue weighted by Gasteiger charge is -2.19. The van der Waals surface area contributed by atoms with Crippen LogP contribution >= 0.6 is 0 Å². The van der Waals surface area contributed by atoms with Crippen LogP contribution in [0.2, 0.25) is 0 Å². The van der Waals surface area contributed by atoms with Crippen LogP contribution in [-0.2, 0) is 19.6 Å². The maximum Gasteiger partial charge on any atom is 0.341 e. The molecule has 10 heteroatoms. The summed E-state index contributed by atoms with van der Waals surface area (Å²) in [4.78, 5) is 24.6. The number of ether oxygens (including phenoxy) is 3. The third-order valence-corrected chi connectivity index (χ3v) is 6.16. The van der Waals surface area contributed by atoms with Crippen molar-refractivity contribution in [3.63, 3.8) is 0 Å². The first kappa shape index (κ1) is 21.0. The van der Waals surface area contributed by atoms with Gasteiger partial charge >= 0.3 is 5.97 Å². The normalized spacial score (nSPS) is 16.2. The van der Waals surface area contributed by atoms with Gasteiger partial charge in [-0.1, -0.05) is 12.1 Å². The molecule has 1 heterocycles. The minimum absolute atomic E-state index is 0.00492. The summed E-state index contributed by atoms with van der Waals surface area (Å²) in [5.74, 6) is -0.394. The summed E-state index contributed by atoms with van der Waals surface area (Å²) < 4.78 is 44.3. The lowest BCUT2D eigenvalue weighted by atomic mass is 10.2. The molecule has 2 aliphatic rings. The van der Waals surface area contributed by atoms with E-state index in [1.54, 1.807) is 12.1 Å². The Labute approximate surface area is 179 Å². The van der Waals surface area contributed by atoms with Gasteiger partial charge in [0.05, 0.1) is 16.1 Å². The van der Waals surface area contributed by atoms with Gasteiger partial charge in [-0.05, 0) is 44.0 Å². The summed E-state index contributed by atoms with van der Waals surface area (Å²) in [7, 11) is -4.03. The zero-order valence-corrected chi connectivity index (χ0v) is 17.6. The van der Waals surface area contributed by atoms with Crippen LogP contribution in [0.4, 0.5) is 5.69 Å². The summed E-state index contributed by atoms with van der Waals surface area (Å²) in [6, 6.07) is 10.4. The van der Waals surface area contributed by atoms with Gasteiger partial charge in [-0.2, -0.15) is 0 Å². The first-order chi connectivity index (χ1) is 14.8. The molecule has 1 saturated carbocycles. The van der Waals surface area contributed by atoms with Crippen molar-refractivity contribution in [2.75, 3.05) is 17.9 Å². The molecule has 1 fully saturated rings. The molecule has 0 aromatic heterocycles. The van der Waals surface area contributed by atoms with Gasteiger partial charge in [0.25, 0.3) is 15.9 Å². The van der Waals surface area contributed by atoms with Crippen LogP contribution in [0, 0.1) is 0 Å². The third kappa shape index (κ3) is 4.91. The second-order valence-electron chi connectivity index (χ2n) is 7.29. The summed E-state index contributed by atoms with van der Waals surface area (Å²) in [6.45, 7) is 2.19. The molecular weight excluding hydrogens is 424 g/mol. The fourth-order valence-electron chi connectivity index (χ4n) is 2.97. The van der Waals surface area contributed by atoms with Crippen molar-refractivity contribution in [2.24, 2.45) is 0 Å². The number of esters is 1. The third-order valence-electron chi connectivity index (χ3n) is 4.79. The van der Waals surface area contributed by atoms with Crippen LogP contribution in [-0.4, -0.2) is 45.7 Å². The Hall–Kier alpha value is -3.27. The molecule has 2 N–H and O–H groups in total. The fourth-order valence-corrected chi connectivity index (χ4v) is 4.06. The number of amides is 1. The van der Waals surface area contributed by atoms with Crippen LogP contribution < -0.4 is 19.5 Å². The van der Waals surface area contributed by atoms with Gasteiger partial charge in [0.15, 0.2) is 17.6 Å². The molecule has 31 heavy (non-hydrogen) atoms. The monoisotopic (exact) mass is 446 g/mol. The number of hydrogen-bond acceptors (Lipinski definition) is 7. The van der Waals surface area contributed by atoms with Crippen molar-refractivity contribution in [1.82, 2.24) is 5.32 Å². The SMILES string of the molecule is C[C@@H](OC(=O)c1ccccc1NS(=O)(=O)c1ccc2c(c1)OCCO2)C(=O)NC1CC1. The average Bonchev–Trinajstić information content (AvgIpc) is 3.57. The predicted octanol–water partition coefficient (Wildman–Crippen LogP) is 2.08. The molecule has 164 valence electrons. The number of carbonyl (C=O) groups excluding carboxylic acids is 2. The van der Waals surface area contributed by atoms with Gasteiger partial charge in [0.2, 0.25) is 0 Å². The van der Waals surface area contributed by atoms with E-state index in [0.29, 0.717) is 24.7 Å². The van der Waals surface area contributed by atoms with E-state index < -0.39 is 22.1 Å². The number of fused-ring (bicyclic) bond motifs is 1. The van der Waals surface area contributed by atoms with Gasteiger partial charge in [0, 0.05) is 12.1 Å². The van der Waals surface area contributed by atoms with E-state index in [4.69, 9.17) is 14.2 Å². The lowest BCUT2D eigenvalue weighted by Crippen LogP contribution is -2.37. The smallest absolute Gasteiger partial charge is 0.341 e. The van der Waals surface area contributed by atoms with E-state index in [1.807, 2.05) is 0 Å². The molecule has 4 rings (SSSR count). The number of anilines is 1. The summed E-state index contributed by atoms with van der Waals surface area (Å²) >= 11 is 0. The van der Waals surface area contributed by atoms with E-state index in [-0.39, 0.29) is 28.1 Å². The van der Waals surface area contributed by atoms with E-state index in [1.165, 1.54) is 37.3 Å². The van der Waals surface area contributed by atoms with E-state index in [0.717, 1.165) is 12.8 Å². The van der Waals surface area contributed by atoms with Crippen molar-refractivity contribution in [2.45, 2.75) is 36.8 Å². The Balaban J connectivity index is 1.51. The Morgan fingerprint density at radius 2 is 1.77 bits per heavy atom. The molecule has 1 amide bonds. The maximum absolute atomic E-state index is 12.9. The highest BCUT2D eigenvalue weighted by molar-refractivity contribution is 7.92. The largest absolute Gasteiger partial charge is 0.486 e. The second-order valence-corrected chi connectivity index (χ2v) is 8.97. The quantitative estimate of drug-likeness (QED) is 0.625. The Bertz CT molecular complexity index is 1110. The number of hydrogen-bond donors (Lipinski definition) is 2. The molecule has 0 bridgehead atoms. The van der Waals surface area contributed by atoms with E-state index >= 15 is 0 Å². The zero-order valence-electron chi connectivity index (χ0n) is 16.8. The van der Waals surface area contributed by atoms with Gasteiger partial charge in [-0.15, -0.1) is 0 Å². The topological polar surface area (TPSA) is 120 Å². The Morgan fingerprint density at radius 1 is 1.06 bits per heavy atom. The number of para-hydroxylation sites is 1. The van der Waals surface area contributed by atoms with Crippen LogP contribution in [0.1, 0.15) is 30.1 Å². The van der Waals surface area contributed by atoms with Crippen molar-refractivity contribution in [1.29, 1.82) is 0 Å². The Morgan fingerprint density at radius 3 is 2.52 bits per heavy atom. The zero-order chi connectivity index (χ0) is 22.0.